The number of pyridine rings is 1. The third-order valence-electron chi connectivity index (χ3n) is 4.01. The van der Waals surface area contributed by atoms with Crippen molar-refractivity contribution in [2.45, 2.75) is 13.8 Å². The maximum Gasteiger partial charge on any atom is 0.339 e. The number of amides is 1. The maximum absolute atomic E-state index is 11.4. The number of aromatic nitrogens is 6. The van der Waals surface area contributed by atoms with Gasteiger partial charge in [0.2, 0.25) is 0 Å². The molecule has 0 unspecified atom stereocenters. The Balaban J connectivity index is 1.89. The summed E-state index contributed by atoms with van der Waals surface area (Å²) >= 11 is 0. The summed E-state index contributed by atoms with van der Waals surface area (Å²) in [5, 5.41) is 7.31. The van der Waals surface area contributed by atoms with Gasteiger partial charge in [0.15, 0.2) is 5.82 Å². The normalized spacial score (nSPS) is 11.0. The molecular formula is C17H17N9O. The lowest BCUT2D eigenvalue weighted by Gasteiger charge is -2.07. The minimum absolute atomic E-state index is 0.368. The number of nitrogens with zero attached hydrogens (tertiary/aromatic N) is 6. The number of carbonyl (C=O) groups is 1. The molecule has 0 saturated heterocycles. The third-order valence-corrected chi connectivity index (χ3v) is 4.01. The van der Waals surface area contributed by atoms with E-state index in [2.05, 4.69) is 25.4 Å². The number of hydrogen-bond acceptors (Lipinski definition) is 7. The molecule has 10 nitrogen and oxygen atoms in total. The number of nitrogen functional groups attached to an aromatic ring is 1. The van der Waals surface area contributed by atoms with E-state index in [0.29, 0.717) is 40.2 Å². The van der Waals surface area contributed by atoms with E-state index in [9.17, 15) is 4.79 Å². The molecule has 0 radical (unpaired) electrons. The minimum atomic E-state index is -0.666. The van der Waals surface area contributed by atoms with Crippen LogP contribution in [0.15, 0.2) is 36.7 Å². The molecule has 0 saturated carbocycles. The van der Waals surface area contributed by atoms with Gasteiger partial charge in [-0.05, 0) is 26.0 Å². The Bertz CT molecular complexity index is 1150. The smallest absolute Gasteiger partial charge is 0.339 e. The SMILES string of the molecule is Cc1nc(N)cc(-c2c(Nc3cn(C(N)=O)nc3C)nc3ccccn23)n1. The number of aryl methyl sites for hydroxylation is 2. The highest BCUT2D eigenvalue weighted by molar-refractivity contribution is 5.80. The van der Waals surface area contributed by atoms with E-state index in [4.69, 9.17) is 11.5 Å². The Hall–Kier alpha value is -3.95. The van der Waals surface area contributed by atoms with E-state index in [-0.39, 0.29) is 0 Å². The largest absolute Gasteiger partial charge is 0.384 e. The Morgan fingerprint density at radius 1 is 1.19 bits per heavy atom. The summed E-state index contributed by atoms with van der Waals surface area (Å²) in [6, 6.07) is 6.70. The van der Waals surface area contributed by atoms with Gasteiger partial charge in [0.05, 0.1) is 23.3 Å². The van der Waals surface area contributed by atoms with Crippen LogP contribution in [0.1, 0.15) is 11.5 Å². The first-order chi connectivity index (χ1) is 12.9. The molecular weight excluding hydrogens is 346 g/mol. The highest BCUT2D eigenvalue weighted by Crippen LogP contribution is 2.31. The molecule has 4 aromatic rings. The Morgan fingerprint density at radius 3 is 2.70 bits per heavy atom. The predicted molar refractivity (Wildman–Crippen MR) is 101 cm³/mol. The maximum atomic E-state index is 11.4. The second kappa shape index (κ2) is 6.09. The molecule has 4 rings (SSSR count). The van der Waals surface area contributed by atoms with Crippen molar-refractivity contribution in [2.75, 3.05) is 11.1 Å². The summed E-state index contributed by atoms with van der Waals surface area (Å²) in [4.78, 5) is 24.6. The molecule has 0 aromatic carbocycles. The lowest BCUT2D eigenvalue weighted by atomic mass is 10.2. The number of rotatable bonds is 3. The predicted octanol–water partition coefficient (Wildman–Crippen LogP) is 1.86. The first-order valence-electron chi connectivity index (χ1n) is 8.14. The number of primary amides is 1. The van der Waals surface area contributed by atoms with Crippen LogP contribution in [0.2, 0.25) is 0 Å². The van der Waals surface area contributed by atoms with Gasteiger partial charge in [0.1, 0.15) is 23.0 Å². The van der Waals surface area contributed by atoms with Crippen LogP contribution in [0, 0.1) is 13.8 Å². The van der Waals surface area contributed by atoms with Crippen LogP contribution < -0.4 is 16.8 Å². The zero-order chi connectivity index (χ0) is 19.1. The molecule has 4 aromatic heterocycles. The number of fused-ring (bicyclic) bond motifs is 1. The van der Waals surface area contributed by atoms with Crippen molar-refractivity contribution in [3.05, 3.63) is 48.2 Å². The zero-order valence-corrected chi connectivity index (χ0v) is 14.7. The number of nitrogens with one attached hydrogen (secondary N) is 1. The van der Waals surface area contributed by atoms with Gasteiger partial charge in [-0.3, -0.25) is 4.40 Å². The second-order valence-electron chi connectivity index (χ2n) is 6.00. The fraction of sp³-hybridized carbons (Fsp3) is 0.118. The monoisotopic (exact) mass is 363 g/mol. The molecule has 0 bridgehead atoms. The standard InChI is InChI=1S/C17H17N9O/c1-9-12(8-26(24-9)17(19)27)22-16-15(11-7-13(18)21-10(2)20-11)25-6-4-3-5-14(25)23-16/h3-8,22H,1-2H3,(H2,19,27)(H2,18,20,21). The van der Waals surface area contributed by atoms with Gasteiger partial charge in [-0.25, -0.2) is 19.7 Å². The number of nitrogens with two attached hydrogens (primary N) is 2. The van der Waals surface area contributed by atoms with Crippen molar-refractivity contribution < 1.29 is 4.79 Å². The van der Waals surface area contributed by atoms with Crippen molar-refractivity contribution in [1.82, 2.24) is 29.1 Å². The zero-order valence-electron chi connectivity index (χ0n) is 14.7. The van der Waals surface area contributed by atoms with Gasteiger partial charge in [-0.2, -0.15) is 9.78 Å². The van der Waals surface area contributed by atoms with Gasteiger partial charge >= 0.3 is 6.03 Å². The molecule has 1 amide bonds. The third kappa shape index (κ3) is 2.92. The van der Waals surface area contributed by atoms with Crippen LogP contribution in [0.3, 0.4) is 0 Å². The molecule has 27 heavy (non-hydrogen) atoms. The van der Waals surface area contributed by atoms with Gasteiger partial charge in [-0.15, -0.1) is 0 Å². The van der Waals surface area contributed by atoms with Gasteiger partial charge < -0.3 is 16.8 Å². The molecule has 136 valence electrons. The van der Waals surface area contributed by atoms with Crippen molar-refractivity contribution in [3.63, 3.8) is 0 Å². The molecule has 0 aliphatic carbocycles. The molecule has 0 atom stereocenters. The van der Waals surface area contributed by atoms with Gasteiger partial charge in [-0.1, -0.05) is 6.07 Å². The molecule has 0 aliphatic rings. The van der Waals surface area contributed by atoms with Crippen molar-refractivity contribution in [1.29, 1.82) is 0 Å². The Labute approximate surface area is 153 Å². The molecule has 5 N–H and O–H groups in total. The second-order valence-corrected chi connectivity index (χ2v) is 6.00. The molecule has 10 heteroatoms. The summed E-state index contributed by atoms with van der Waals surface area (Å²) in [6.45, 7) is 3.54. The van der Waals surface area contributed by atoms with Crippen molar-refractivity contribution in [2.24, 2.45) is 5.73 Å². The van der Waals surface area contributed by atoms with Crippen LogP contribution in [-0.2, 0) is 0 Å². The van der Waals surface area contributed by atoms with E-state index in [1.165, 1.54) is 6.20 Å². The van der Waals surface area contributed by atoms with Crippen LogP contribution in [0.4, 0.5) is 22.1 Å². The first-order valence-corrected chi connectivity index (χ1v) is 8.14. The fourth-order valence-electron chi connectivity index (χ4n) is 2.86. The highest BCUT2D eigenvalue weighted by Gasteiger charge is 2.18. The van der Waals surface area contributed by atoms with E-state index in [1.807, 2.05) is 28.8 Å². The Kier molecular flexibility index (Phi) is 3.73. The average Bonchev–Trinajstić information content (AvgIpc) is 3.15. The molecule has 0 aliphatic heterocycles. The Morgan fingerprint density at radius 2 is 2.00 bits per heavy atom. The lowest BCUT2D eigenvalue weighted by molar-refractivity contribution is 0.247. The summed E-state index contributed by atoms with van der Waals surface area (Å²) in [7, 11) is 0. The van der Waals surface area contributed by atoms with Crippen molar-refractivity contribution >= 4 is 29.0 Å². The number of imidazole rings is 1. The van der Waals surface area contributed by atoms with E-state index >= 15 is 0 Å². The number of carbonyl (C=O) groups excluding carboxylic acids is 1. The topological polar surface area (TPSA) is 142 Å². The summed E-state index contributed by atoms with van der Waals surface area (Å²) in [5.74, 6) is 1.47. The van der Waals surface area contributed by atoms with Gasteiger partial charge in [0, 0.05) is 12.3 Å². The summed E-state index contributed by atoms with van der Waals surface area (Å²) in [5.41, 5.74) is 14.5. The van der Waals surface area contributed by atoms with Crippen molar-refractivity contribution in [3.8, 4) is 11.4 Å². The lowest BCUT2D eigenvalue weighted by Crippen LogP contribution is -2.19. The minimum Gasteiger partial charge on any atom is -0.384 e. The highest BCUT2D eigenvalue weighted by atomic mass is 16.2. The quantitative estimate of drug-likeness (QED) is 0.504. The summed E-state index contributed by atoms with van der Waals surface area (Å²) < 4.78 is 2.97. The first kappa shape index (κ1) is 16.5. The van der Waals surface area contributed by atoms with Crippen LogP contribution >= 0.6 is 0 Å². The summed E-state index contributed by atoms with van der Waals surface area (Å²) in [6.07, 6.45) is 3.40. The van der Waals surface area contributed by atoms with Crippen LogP contribution in [-0.4, -0.2) is 35.2 Å². The average molecular weight is 363 g/mol. The van der Waals surface area contributed by atoms with E-state index in [1.54, 1.807) is 19.9 Å². The molecule has 4 heterocycles. The molecule has 0 spiro atoms. The van der Waals surface area contributed by atoms with Crippen LogP contribution in [0.25, 0.3) is 17.0 Å². The van der Waals surface area contributed by atoms with Gasteiger partial charge in [0.25, 0.3) is 0 Å². The molecule has 0 fully saturated rings. The van der Waals surface area contributed by atoms with E-state index < -0.39 is 6.03 Å². The number of anilines is 3. The fourth-order valence-corrected chi connectivity index (χ4v) is 2.86. The van der Waals surface area contributed by atoms with Crippen LogP contribution in [0.5, 0.6) is 0 Å². The van der Waals surface area contributed by atoms with E-state index in [0.717, 1.165) is 10.3 Å². The number of hydrogen-bond donors (Lipinski definition) is 3.